The van der Waals surface area contributed by atoms with Crippen LogP contribution >= 0.6 is 11.3 Å². The van der Waals surface area contributed by atoms with E-state index in [-0.39, 0.29) is 0 Å². The van der Waals surface area contributed by atoms with Crippen molar-refractivity contribution in [3.05, 3.63) is 66.0 Å². The first-order valence-corrected chi connectivity index (χ1v) is 9.03. The molecule has 0 unspecified atom stereocenters. The molecule has 0 bridgehead atoms. The molecule has 0 aliphatic rings. The molecule has 7 heteroatoms. The first-order chi connectivity index (χ1) is 12.7. The van der Waals surface area contributed by atoms with Gasteiger partial charge in [-0.15, -0.1) is 0 Å². The Balaban J connectivity index is 1.54. The van der Waals surface area contributed by atoms with Gasteiger partial charge in [0.2, 0.25) is 0 Å². The van der Waals surface area contributed by atoms with Gasteiger partial charge in [-0.2, -0.15) is 0 Å². The zero-order chi connectivity index (χ0) is 17.9. The van der Waals surface area contributed by atoms with Gasteiger partial charge < -0.3 is 16.4 Å². The number of nitrogen functional groups attached to an aromatic ring is 1. The molecule has 0 saturated carbocycles. The molecule has 0 atom stereocenters. The minimum atomic E-state index is 0.471. The van der Waals surface area contributed by atoms with Crippen LogP contribution in [0.5, 0.6) is 0 Å². The Labute approximate surface area is 155 Å². The standard InChI is InChI=1S/C19H18N6S/c1-12-7-8-14-15(9-12)26-19(24-14)25-18-16(20)17(22-11-23-18)21-10-13-5-3-2-4-6-13/h2-9,11H,10,20H2,1H3,(H2,21,22,23,24,25). The van der Waals surface area contributed by atoms with E-state index in [0.717, 1.165) is 20.9 Å². The van der Waals surface area contributed by atoms with E-state index >= 15 is 0 Å². The molecule has 26 heavy (non-hydrogen) atoms. The molecule has 2 aromatic carbocycles. The molecule has 0 aliphatic heterocycles. The summed E-state index contributed by atoms with van der Waals surface area (Å²) >= 11 is 1.57. The summed E-state index contributed by atoms with van der Waals surface area (Å²) in [6.07, 6.45) is 1.49. The van der Waals surface area contributed by atoms with Crippen LogP contribution in [0.15, 0.2) is 54.9 Å². The Kier molecular flexibility index (Phi) is 4.37. The van der Waals surface area contributed by atoms with Gasteiger partial charge in [-0.05, 0) is 30.2 Å². The number of nitrogens with zero attached hydrogens (tertiary/aromatic N) is 3. The zero-order valence-corrected chi connectivity index (χ0v) is 15.0. The number of anilines is 4. The SMILES string of the molecule is Cc1ccc2nc(Nc3ncnc(NCc4ccccc4)c3N)sc2c1. The average molecular weight is 362 g/mol. The Hall–Kier alpha value is -3.19. The van der Waals surface area contributed by atoms with Crippen molar-refractivity contribution in [2.45, 2.75) is 13.5 Å². The first-order valence-electron chi connectivity index (χ1n) is 8.21. The first kappa shape index (κ1) is 16.3. The van der Waals surface area contributed by atoms with Gasteiger partial charge in [0.25, 0.3) is 0 Å². The lowest BCUT2D eigenvalue weighted by Gasteiger charge is -2.11. The molecule has 4 rings (SSSR count). The number of fused-ring (bicyclic) bond motifs is 1. The fraction of sp³-hybridized carbons (Fsp3) is 0.105. The lowest BCUT2D eigenvalue weighted by molar-refractivity contribution is 1.09. The summed E-state index contributed by atoms with van der Waals surface area (Å²) in [6.45, 7) is 2.71. The van der Waals surface area contributed by atoms with E-state index in [1.165, 1.54) is 11.9 Å². The Bertz CT molecular complexity index is 1040. The van der Waals surface area contributed by atoms with Crippen molar-refractivity contribution < 1.29 is 0 Å². The van der Waals surface area contributed by atoms with Crippen molar-refractivity contribution >= 4 is 44.0 Å². The summed E-state index contributed by atoms with van der Waals surface area (Å²) in [6, 6.07) is 16.3. The highest BCUT2D eigenvalue weighted by atomic mass is 32.1. The number of benzene rings is 2. The summed E-state index contributed by atoms with van der Waals surface area (Å²) in [7, 11) is 0. The van der Waals surface area contributed by atoms with Crippen molar-refractivity contribution in [2.75, 3.05) is 16.4 Å². The summed E-state index contributed by atoms with van der Waals surface area (Å²) in [4.78, 5) is 13.1. The molecule has 130 valence electrons. The molecule has 2 aromatic heterocycles. The lowest BCUT2D eigenvalue weighted by atomic mass is 10.2. The number of nitrogens with one attached hydrogen (secondary N) is 2. The maximum atomic E-state index is 6.24. The monoisotopic (exact) mass is 362 g/mol. The van der Waals surface area contributed by atoms with Gasteiger partial charge in [-0.1, -0.05) is 47.7 Å². The van der Waals surface area contributed by atoms with E-state index < -0.39 is 0 Å². The molecule has 0 spiro atoms. The molecule has 0 saturated heterocycles. The molecule has 0 amide bonds. The van der Waals surface area contributed by atoms with Crippen LogP contribution in [0.3, 0.4) is 0 Å². The van der Waals surface area contributed by atoms with E-state index in [1.807, 2.05) is 36.4 Å². The van der Waals surface area contributed by atoms with Crippen LogP contribution in [0.1, 0.15) is 11.1 Å². The number of aromatic nitrogens is 3. The average Bonchev–Trinajstić information content (AvgIpc) is 3.05. The van der Waals surface area contributed by atoms with Crippen LogP contribution in [0.4, 0.5) is 22.5 Å². The quantitative estimate of drug-likeness (QED) is 0.490. The van der Waals surface area contributed by atoms with Crippen LogP contribution < -0.4 is 16.4 Å². The molecular weight excluding hydrogens is 344 g/mol. The molecule has 2 heterocycles. The number of hydrogen-bond donors (Lipinski definition) is 3. The number of aryl methyl sites for hydroxylation is 1. The van der Waals surface area contributed by atoms with Crippen LogP contribution in [-0.2, 0) is 6.54 Å². The van der Waals surface area contributed by atoms with Gasteiger partial charge in [-0.25, -0.2) is 15.0 Å². The number of rotatable bonds is 5. The van der Waals surface area contributed by atoms with Crippen LogP contribution in [0, 0.1) is 6.92 Å². The van der Waals surface area contributed by atoms with Gasteiger partial charge in [0.1, 0.15) is 12.0 Å². The number of thiazole rings is 1. The van der Waals surface area contributed by atoms with E-state index in [0.29, 0.717) is 23.9 Å². The molecule has 0 fully saturated rings. The van der Waals surface area contributed by atoms with Crippen molar-refractivity contribution in [1.29, 1.82) is 0 Å². The molecule has 0 radical (unpaired) electrons. The molecule has 4 N–H and O–H groups in total. The third kappa shape index (κ3) is 3.43. The largest absolute Gasteiger partial charge is 0.393 e. The topological polar surface area (TPSA) is 88.8 Å². The van der Waals surface area contributed by atoms with Crippen molar-refractivity contribution in [3.63, 3.8) is 0 Å². The Morgan fingerprint density at radius 3 is 2.69 bits per heavy atom. The summed E-state index contributed by atoms with van der Waals surface area (Å²) in [5.41, 5.74) is 10.0. The van der Waals surface area contributed by atoms with Crippen LogP contribution in [-0.4, -0.2) is 15.0 Å². The van der Waals surface area contributed by atoms with Crippen LogP contribution in [0.25, 0.3) is 10.2 Å². The van der Waals surface area contributed by atoms with E-state index in [4.69, 9.17) is 5.73 Å². The number of nitrogens with two attached hydrogens (primary N) is 1. The van der Waals surface area contributed by atoms with Gasteiger partial charge in [0, 0.05) is 6.54 Å². The maximum Gasteiger partial charge on any atom is 0.189 e. The minimum Gasteiger partial charge on any atom is -0.393 e. The normalized spacial score (nSPS) is 10.8. The summed E-state index contributed by atoms with van der Waals surface area (Å²) in [5.74, 6) is 1.15. The van der Waals surface area contributed by atoms with Crippen LogP contribution in [0.2, 0.25) is 0 Å². The summed E-state index contributed by atoms with van der Waals surface area (Å²) < 4.78 is 1.13. The van der Waals surface area contributed by atoms with Gasteiger partial charge >= 0.3 is 0 Å². The minimum absolute atomic E-state index is 0.471. The number of hydrogen-bond acceptors (Lipinski definition) is 7. The van der Waals surface area contributed by atoms with Crippen molar-refractivity contribution in [2.24, 2.45) is 0 Å². The van der Waals surface area contributed by atoms with Crippen molar-refractivity contribution in [3.8, 4) is 0 Å². The second kappa shape index (κ2) is 6.97. The van der Waals surface area contributed by atoms with Crippen molar-refractivity contribution in [1.82, 2.24) is 15.0 Å². The maximum absolute atomic E-state index is 6.24. The van der Waals surface area contributed by atoms with E-state index in [1.54, 1.807) is 11.3 Å². The zero-order valence-electron chi connectivity index (χ0n) is 14.2. The second-order valence-electron chi connectivity index (χ2n) is 5.94. The van der Waals surface area contributed by atoms with E-state index in [2.05, 4.69) is 44.6 Å². The third-order valence-corrected chi connectivity index (χ3v) is 4.89. The fourth-order valence-corrected chi connectivity index (χ4v) is 3.57. The Morgan fingerprint density at radius 1 is 1.04 bits per heavy atom. The van der Waals surface area contributed by atoms with Gasteiger partial charge in [0.05, 0.1) is 10.2 Å². The highest BCUT2D eigenvalue weighted by Crippen LogP contribution is 2.31. The Morgan fingerprint density at radius 2 is 1.85 bits per heavy atom. The lowest BCUT2D eigenvalue weighted by Crippen LogP contribution is -2.08. The summed E-state index contributed by atoms with van der Waals surface area (Å²) in [5, 5.41) is 7.22. The molecular formula is C19H18N6S. The molecule has 6 nitrogen and oxygen atoms in total. The smallest absolute Gasteiger partial charge is 0.189 e. The van der Waals surface area contributed by atoms with E-state index in [9.17, 15) is 0 Å². The predicted octanol–water partition coefficient (Wildman–Crippen LogP) is 4.33. The highest BCUT2D eigenvalue weighted by Gasteiger charge is 2.11. The van der Waals surface area contributed by atoms with Gasteiger partial charge in [-0.3, -0.25) is 0 Å². The third-order valence-electron chi connectivity index (χ3n) is 3.96. The second-order valence-corrected chi connectivity index (χ2v) is 6.97. The van der Waals surface area contributed by atoms with Gasteiger partial charge in [0.15, 0.2) is 16.8 Å². The highest BCUT2D eigenvalue weighted by molar-refractivity contribution is 7.22. The predicted molar refractivity (Wildman–Crippen MR) is 108 cm³/mol. The molecule has 4 aromatic rings. The fourth-order valence-electron chi connectivity index (χ4n) is 2.60. The molecule has 0 aliphatic carbocycles.